The number of aromatic nitrogens is 2. The van der Waals surface area contributed by atoms with Crippen LogP contribution in [-0.2, 0) is 10.2 Å². The molecule has 2 heterocycles. The summed E-state index contributed by atoms with van der Waals surface area (Å²) in [5.41, 5.74) is 3.82. The summed E-state index contributed by atoms with van der Waals surface area (Å²) in [5, 5.41) is 16.9. The minimum absolute atomic E-state index is 0.175. The van der Waals surface area contributed by atoms with Gasteiger partial charge in [-0.1, -0.05) is 38.5 Å². The highest BCUT2D eigenvalue weighted by Gasteiger charge is 2.31. The van der Waals surface area contributed by atoms with Crippen molar-refractivity contribution in [2.24, 2.45) is 5.92 Å². The number of hydrogen-bond acceptors (Lipinski definition) is 3. The fourth-order valence-corrected chi connectivity index (χ4v) is 3.40. The summed E-state index contributed by atoms with van der Waals surface area (Å²) in [7, 11) is 0. The lowest BCUT2D eigenvalue weighted by Gasteiger charge is -2.18. The normalized spacial score (nSPS) is 17.0. The average Bonchev–Trinajstić information content (AvgIpc) is 3.22. The molecular weight excluding hydrogens is 356 g/mol. The highest BCUT2D eigenvalue weighted by Crippen LogP contribution is 2.28. The zero-order valence-electron chi connectivity index (χ0n) is 17.1. The Balaban J connectivity index is 1.92. The molecule has 0 radical (unpaired) electrons. The van der Waals surface area contributed by atoms with Gasteiger partial charge in [0.25, 0.3) is 0 Å². The predicted octanol–water partition coefficient (Wildman–Crippen LogP) is 3.73. The van der Waals surface area contributed by atoms with Gasteiger partial charge >= 0.3 is 12.0 Å². The van der Waals surface area contributed by atoms with Crippen LogP contribution in [0.4, 0.5) is 10.6 Å². The number of carboxylic acids is 1. The van der Waals surface area contributed by atoms with E-state index in [1.807, 2.05) is 32.0 Å². The van der Waals surface area contributed by atoms with E-state index in [9.17, 15) is 9.59 Å². The number of amides is 2. The lowest BCUT2D eigenvalue weighted by Crippen LogP contribution is -2.34. The van der Waals surface area contributed by atoms with Crippen LogP contribution in [0.2, 0.25) is 0 Å². The third-order valence-corrected chi connectivity index (χ3v) is 5.12. The molecule has 3 rings (SSSR count). The monoisotopic (exact) mass is 384 g/mol. The highest BCUT2D eigenvalue weighted by molar-refractivity contribution is 5.89. The molecule has 7 heteroatoms. The van der Waals surface area contributed by atoms with E-state index >= 15 is 0 Å². The van der Waals surface area contributed by atoms with Gasteiger partial charge in [-0.2, -0.15) is 5.10 Å². The molecular formula is C21H28N4O3. The molecule has 28 heavy (non-hydrogen) atoms. The second-order valence-corrected chi connectivity index (χ2v) is 8.57. The van der Waals surface area contributed by atoms with Crippen LogP contribution in [0.1, 0.15) is 44.0 Å². The number of nitrogens with zero attached hydrogens (tertiary/aromatic N) is 3. The maximum atomic E-state index is 12.7. The third kappa shape index (κ3) is 4.03. The summed E-state index contributed by atoms with van der Waals surface area (Å²) < 4.78 is 1.76. The first-order valence-corrected chi connectivity index (χ1v) is 9.53. The van der Waals surface area contributed by atoms with Crippen LogP contribution in [0.15, 0.2) is 24.3 Å². The molecule has 0 aliphatic carbocycles. The van der Waals surface area contributed by atoms with Crippen molar-refractivity contribution >= 4 is 17.8 Å². The van der Waals surface area contributed by atoms with E-state index in [2.05, 4.69) is 32.2 Å². The van der Waals surface area contributed by atoms with Crippen LogP contribution in [0.3, 0.4) is 0 Å². The molecule has 1 aromatic heterocycles. The first-order valence-electron chi connectivity index (χ1n) is 9.53. The topological polar surface area (TPSA) is 87.5 Å². The first-order chi connectivity index (χ1) is 13.1. The number of carbonyl (C=O) groups is 2. The smallest absolute Gasteiger partial charge is 0.323 e. The standard InChI is InChI=1S/C21H28N4O3/c1-13-6-7-16(14(2)10-13)25-18(11-17(23-25)21(3,4)5)22-20(28)24-9-8-15(12-24)19(26)27/h6-7,10-11,15H,8-9,12H2,1-5H3,(H,22,28)(H,26,27). The third-order valence-electron chi connectivity index (χ3n) is 5.12. The Morgan fingerprint density at radius 1 is 1.21 bits per heavy atom. The van der Waals surface area contributed by atoms with Crippen molar-refractivity contribution in [3.05, 3.63) is 41.1 Å². The Morgan fingerprint density at radius 3 is 2.50 bits per heavy atom. The van der Waals surface area contributed by atoms with Crippen LogP contribution >= 0.6 is 0 Å². The van der Waals surface area contributed by atoms with Gasteiger partial charge in [0.1, 0.15) is 5.82 Å². The molecule has 1 aliphatic rings. The van der Waals surface area contributed by atoms with E-state index in [0.29, 0.717) is 18.8 Å². The Labute approximate surface area is 165 Å². The molecule has 0 saturated carbocycles. The molecule has 1 aromatic carbocycles. The van der Waals surface area contributed by atoms with Crippen molar-refractivity contribution in [1.29, 1.82) is 0 Å². The van der Waals surface area contributed by atoms with Crippen molar-refractivity contribution < 1.29 is 14.7 Å². The van der Waals surface area contributed by atoms with Crippen molar-refractivity contribution in [2.45, 2.75) is 46.5 Å². The lowest BCUT2D eigenvalue weighted by molar-refractivity contribution is -0.141. The van der Waals surface area contributed by atoms with E-state index < -0.39 is 11.9 Å². The molecule has 0 spiro atoms. The number of carbonyl (C=O) groups excluding carboxylic acids is 1. The molecule has 2 N–H and O–H groups in total. The Hall–Kier alpha value is -2.83. The minimum atomic E-state index is -0.856. The average molecular weight is 384 g/mol. The van der Waals surface area contributed by atoms with Crippen LogP contribution in [0.5, 0.6) is 0 Å². The maximum absolute atomic E-state index is 12.7. The molecule has 7 nitrogen and oxygen atoms in total. The van der Waals surface area contributed by atoms with Gasteiger partial charge in [0.2, 0.25) is 0 Å². The highest BCUT2D eigenvalue weighted by atomic mass is 16.4. The van der Waals surface area contributed by atoms with E-state index in [0.717, 1.165) is 22.5 Å². The van der Waals surface area contributed by atoms with Crippen molar-refractivity contribution in [2.75, 3.05) is 18.4 Å². The largest absolute Gasteiger partial charge is 0.481 e. The molecule has 2 aromatic rings. The van der Waals surface area contributed by atoms with Gasteiger partial charge in [-0.15, -0.1) is 0 Å². The van der Waals surface area contributed by atoms with Crippen molar-refractivity contribution in [3.8, 4) is 5.69 Å². The van der Waals surface area contributed by atoms with Gasteiger partial charge in [-0.25, -0.2) is 9.48 Å². The maximum Gasteiger partial charge on any atom is 0.323 e. The summed E-state index contributed by atoms with van der Waals surface area (Å²) in [6.07, 6.45) is 0.478. The lowest BCUT2D eigenvalue weighted by atomic mass is 9.92. The summed E-state index contributed by atoms with van der Waals surface area (Å²) in [5.74, 6) is -0.772. The van der Waals surface area contributed by atoms with Gasteiger partial charge < -0.3 is 10.0 Å². The fourth-order valence-electron chi connectivity index (χ4n) is 3.40. The van der Waals surface area contributed by atoms with Crippen molar-refractivity contribution in [3.63, 3.8) is 0 Å². The minimum Gasteiger partial charge on any atom is -0.481 e. The second kappa shape index (κ2) is 7.30. The molecule has 0 bridgehead atoms. The number of aryl methyl sites for hydroxylation is 2. The fraction of sp³-hybridized carbons (Fsp3) is 0.476. The summed E-state index contributed by atoms with van der Waals surface area (Å²) in [6, 6.07) is 7.69. The summed E-state index contributed by atoms with van der Waals surface area (Å²) in [6.45, 7) is 10.9. The molecule has 1 atom stereocenters. The van der Waals surface area contributed by atoms with Gasteiger partial charge in [0.15, 0.2) is 0 Å². The number of rotatable bonds is 3. The molecule has 150 valence electrons. The Bertz CT molecular complexity index is 911. The van der Waals surface area contributed by atoms with Crippen LogP contribution in [-0.4, -0.2) is 44.9 Å². The predicted molar refractivity (Wildman–Crippen MR) is 108 cm³/mol. The summed E-state index contributed by atoms with van der Waals surface area (Å²) >= 11 is 0. The number of benzene rings is 1. The summed E-state index contributed by atoms with van der Waals surface area (Å²) in [4.78, 5) is 25.5. The number of carboxylic acid groups (broad SMARTS) is 1. The molecule has 1 aliphatic heterocycles. The number of urea groups is 1. The second-order valence-electron chi connectivity index (χ2n) is 8.57. The van der Waals surface area contributed by atoms with E-state index in [4.69, 9.17) is 10.2 Å². The molecule has 1 unspecified atom stereocenters. The van der Waals surface area contributed by atoms with E-state index in [1.54, 1.807) is 9.58 Å². The number of nitrogens with one attached hydrogen (secondary N) is 1. The van der Waals surface area contributed by atoms with Gasteiger partial charge in [0.05, 0.1) is 17.3 Å². The van der Waals surface area contributed by atoms with Crippen LogP contribution < -0.4 is 5.32 Å². The van der Waals surface area contributed by atoms with Crippen LogP contribution in [0, 0.1) is 19.8 Å². The number of likely N-dealkylation sites (tertiary alicyclic amines) is 1. The Morgan fingerprint density at radius 2 is 1.93 bits per heavy atom. The number of hydrogen-bond donors (Lipinski definition) is 2. The molecule has 1 saturated heterocycles. The number of aliphatic carboxylic acids is 1. The van der Waals surface area contributed by atoms with Crippen molar-refractivity contribution in [1.82, 2.24) is 14.7 Å². The molecule has 1 fully saturated rings. The molecule has 2 amide bonds. The Kier molecular flexibility index (Phi) is 5.19. The van der Waals surface area contributed by atoms with Gasteiger partial charge in [0, 0.05) is 24.6 Å². The van der Waals surface area contributed by atoms with Crippen LogP contribution in [0.25, 0.3) is 5.69 Å². The van der Waals surface area contributed by atoms with Gasteiger partial charge in [-0.3, -0.25) is 10.1 Å². The van der Waals surface area contributed by atoms with Gasteiger partial charge in [-0.05, 0) is 31.9 Å². The quantitative estimate of drug-likeness (QED) is 0.844. The SMILES string of the molecule is Cc1ccc(-n2nc(C(C)(C)C)cc2NC(=O)N2CCC(C(=O)O)C2)c(C)c1. The first kappa shape index (κ1) is 19.9. The number of anilines is 1. The zero-order valence-corrected chi connectivity index (χ0v) is 17.1. The van der Waals surface area contributed by atoms with E-state index in [-0.39, 0.29) is 18.0 Å². The van der Waals surface area contributed by atoms with E-state index in [1.165, 1.54) is 0 Å². The zero-order chi connectivity index (χ0) is 20.6.